The van der Waals surface area contributed by atoms with Gasteiger partial charge in [-0.2, -0.15) is 0 Å². The molecule has 6 nitrogen and oxygen atoms in total. The molecule has 0 radical (unpaired) electrons. The van der Waals surface area contributed by atoms with Gasteiger partial charge in [0.15, 0.2) is 0 Å². The second-order valence-corrected chi connectivity index (χ2v) is 5.28. The summed E-state index contributed by atoms with van der Waals surface area (Å²) >= 11 is 0. The first-order chi connectivity index (χ1) is 10.5. The number of nitrogens with one attached hydrogen (secondary N) is 1. The van der Waals surface area contributed by atoms with E-state index in [-0.39, 0.29) is 5.76 Å². The molecule has 0 aliphatic rings. The van der Waals surface area contributed by atoms with E-state index in [1.807, 2.05) is 37.3 Å². The van der Waals surface area contributed by atoms with E-state index in [0.29, 0.717) is 18.5 Å². The number of carbonyl (C=O) groups is 2. The predicted octanol–water partition coefficient (Wildman–Crippen LogP) is 2.71. The molecule has 1 atom stereocenters. The van der Waals surface area contributed by atoms with Crippen molar-refractivity contribution in [2.24, 2.45) is 0 Å². The average molecular weight is 302 g/mol. The molecule has 1 heterocycles. The standard InChI is InChI=1S/C16H18N2O4/c1-3-9-16(2,15(20)21)17-14(19)13-10-12(18-22-13)11-7-5-4-6-8-11/h4-8,10H,3,9H2,1-2H3,(H,17,19)(H,20,21). The fourth-order valence-electron chi connectivity index (χ4n) is 2.16. The highest BCUT2D eigenvalue weighted by Crippen LogP contribution is 2.20. The first-order valence-electron chi connectivity index (χ1n) is 7.04. The lowest BCUT2D eigenvalue weighted by molar-refractivity contribution is -0.144. The number of amides is 1. The van der Waals surface area contributed by atoms with Crippen LogP contribution in [0.1, 0.15) is 37.2 Å². The highest BCUT2D eigenvalue weighted by Gasteiger charge is 2.35. The number of aliphatic carboxylic acids is 1. The maximum absolute atomic E-state index is 12.2. The molecule has 2 aromatic rings. The van der Waals surface area contributed by atoms with E-state index in [1.165, 1.54) is 13.0 Å². The molecule has 0 bridgehead atoms. The van der Waals surface area contributed by atoms with E-state index in [2.05, 4.69) is 10.5 Å². The van der Waals surface area contributed by atoms with Crippen LogP contribution in [0.25, 0.3) is 11.3 Å². The Morgan fingerprint density at radius 3 is 2.59 bits per heavy atom. The van der Waals surface area contributed by atoms with Gasteiger partial charge in [-0.15, -0.1) is 0 Å². The minimum atomic E-state index is -1.33. The summed E-state index contributed by atoms with van der Waals surface area (Å²) in [6, 6.07) is 10.8. The van der Waals surface area contributed by atoms with Crippen molar-refractivity contribution in [1.29, 1.82) is 0 Å². The van der Waals surface area contributed by atoms with Crippen molar-refractivity contribution >= 4 is 11.9 Å². The van der Waals surface area contributed by atoms with Crippen LogP contribution in [0.15, 0.2) is 40.9 Å². The summed E-state index contributed by atoms with van der Waals surface area (Å²) in [4.78, 5) is 23.5. The van der Waals surface area contributed by atoms with Crippen LogP contribution in [0.2, 0.25) is 0 Å². The Morgan fingerprint density at radius 1 is 1.32 bits per heavy atom. The lowest BCUT2D eigenvalue weighted by Gasteiger charge is -2.24. The SMILES string of the molecule is CCCC(C)(NC(=O)c1cc(-c2ccccc2)no1)C(=O)O. The predicted molar refractivity (Wildman–Crippen MR) is 80.4 cm³/mol. The van der Waals surface area contributed by atoms with Gasteiger partial charge in [-0.3, -0.25) is 4.79 Å². The minimum absolute atomic E-state index is 0.0116. The Morgan fingerprint density at radius 2 is 2.00 bits per heavy atom. The minimum Gasteiger partial charge on any atom is -0.480 e. The number of carboxylic acids is 1. The third kappa shape index (κ3) is 3.33. The van der Waals surface area contributed by atoms with Gasteiger partial charge in [-0.1, -0.05) is 48.8 Å². The Labute approximate surface area is 128 Å². The largest absolute Gasteiger partial charge is 0.480 e. The Kier molecular flexibility index (Phi) is 4.60. The molecule has 0 spiro atoms. The topological polar surface area (TPSA) is 92.4 Å². The molecule has 6 heteroatoms. The third-order valence-corrected chi connectivity index (χ3v) is 3.41. The normalized spacial score (nSPS) is 13.4. The van der Waals surface area contributed by atoms with Crippen LogP contribution in [0.3, 0.4) is 0 Å². The molecule has 116 valence electrons. The maximum atomic E-state index is 12.2. The summed E-state index contributed by atoms with van der Waals surface area (Å²) in [6.07, 6.45) is 0.961. The molecular formula is C16H18N2O4. The van der Waals surface area contributed by atoms with Gasteiger partial charge in [0.05, 0.1) is 0 Å². The summed E-state index contributed by atoms with van der Waals surface area (Å²) in [5.74, 6) is -1.68. The van der Waals surface area contributed by atoms with Gasteiger partial charge in [-0.25, -0.2) is 4.79 Å². The summed E-state index contributed by atoms with van der Waals surface area (Å²) in [5, 5.41) is 15.6. The summed E-state index contributed by atoms with van der Waals surface area (Å²) < 4.78 is 5.03. The van der Waals surface area contributed by atoms with E-state index >= 15 is 0 Å². The Bertz CT molecular complexity index is 666. The van der Waals surface area contributed by atoms with Crippen molar-refractivity contribution in [3.63, 3.8) is 0 Å². The Hall–Kier alpha value is -2.63. The van der Waals surface area contributed by atoms with Crippen molar-refractivity contribution in [3.8, 4) is 11.3 Å². The van der Waals surface area contributed by atoms with Gasteiger partial charge in [0.25, 0.3) is 5.91 Å². The van der Waals surface area contributed by atoms with E-state index in [9.17, 15) is 14.7 Å². The number of aromatic nitrogens is 1. The van der Waals surface area contributed by atoms with E-state index in [0.717, 1.165) is 5.56 Å². The maximum Gasteiger partial charge on any atom is 0.329 e. The van der Waals surface area contributed by atoms with Gasteiger partial charge in [0.2, 0.25) is 5.76 Å². The van der Waals surface area contributed by atoms with E-state index in [1.54, 1.807) is 0 Å². The van der Waals surface area contributed by atoms with Gasteiger partial charge < -0.3 is 14.9 Å². The zero-order chi connectivity index (χ0) is 16.2. The fourth-order valence-corrected chi connectivity index (χ4v) is 2.16. The van der Waals surface area contributed by atoms with Crippen molar-refractivity contribution < 1.29 is 19.2 Å². The van der Waals surface area contributed by atoms with E-state index < -0.39 is 17.4 Å². The molecular weight excluding hydrogens is 284 g/mol. The fraction of sp³-hybridized carbons (Fsp3) is 0.312. The van der Waals surface area contributed by atoms with Crippen LogP contribution in [-0.4, -0.2) is 27.7 Å². The summed E-state index contributed by atoms with van der Waals surface area (Å²) in [5.41, 5.74) is 0.0176. The smallest absolute Gasteiger partial charge is 0.329 e. The molecule has 0 saturated heterocycles. The van der Waals surface area contributed by atoms with Crippen LogP contribution in [0, 0.1) is 0 Å². The molecule has 0 aliphatic heterocycles. The average Bonchev–Trinajstić information content (AvgIpc) is 2.98. The zero-order valence-electron chi connectivity index (χ0n) is 12.5. The summed E-state index contributed by atoms with van der Waals surface area (Å²) in [6.45, 7) is 3.33. The van der Waals surface area contributed by atoms with E-state index in [4.69, 9.17) is 4.52 Å². The highest BCUT2D eigenvalue weighted by molar-refractivity contribution is 5.96. The summed E-state index contributed by atoms with van der Waals surface area (Å²) in [7, 11) is 0. The molecule has 1 amide bonds. The van der Waals surface area contributed by atoms with Crippen LogP contribution >= 0.6 is 0 Å². The lowest BCUT2D eigenvalue weighted by Crippen LogP contribution is -2.52. The van der Waals surface area contributed by atoms with Crippen LogP contribution in [0.4, 0.5) is 0 Å². The second kappa shape index (κ2) is 6.43. The first-order valence-corrected chi connectivity index (χ1v) is 7.04. The van der Waals surface area contributed by atoms with Crippen LogP contribution in [0.5, 0.6) is 0 Å². The molecule has 0 saturated carbocycles. The molecule has 0 aliphatic carbocycles. The molecule has 0 fully saturated rings. The molecule has 1 aromatic heterocycles. The quantitative estimate of drug-likeness (QED) is 0.856. The number of hydrogen-bond acceptors (Lipinski definition) is 4. The van der Waals surface area contributed by atoms with Gasteiger partial charge in [0, 0.05) is 11.6 Å². The highest BCUT2D eigenvalue weighted by atomic mass is 16.5. The van der Waals surface area contributed by atoms with Crippen molar-refractivity contribution in [3.05, 3.63) is 42.2 Å². The number of hydrogen-bond donors (Lipinski definition) is 2. The van der Waals surface area contributed by atoms with Crippen molar-refractivity contribution in [2.75, 3.05) is 0 Å². The molecule has 2 rings (SSSR count). The Balaban J connectivity index is 2.17. The zero-order valence-corrected chi connectivity index (χ0v) is 12.5. The third-order valence-electron chi connectivity index (χ3n) is 3.41. The number of nitrogens with zero attached hydrogens (tertiary/aromatic N) is 1. The van der Waals surface area contributed by atoms with Crippen molar-refractivity contribution in [2.45, 2.75) is 32.2 Å². The first kappa shape index (κ1) is 15.8. The number of benzene rings is 1. The van der Waals surface area contributed by atoms with Gasteiger partial charge in [0.1, 0.15) is 11.2 Å². The molecule has 2 N–H and O–H groups in total. The van der Waals surface area contributed by atoms with Crippen LogP contribution in [-0.2, 0) is 4.79 Å². The second-order valence-electron chi connectivity index (χ2n) is 5.28. The molecule has 1 aromatic carbocycles. The lowest BCUT2D eigenvalue weighted by atomic mass is 9.96. The number of rotatable bonds is 6. The van der Waals surface area contributed by atoms with Gasteiger partial charge >= 0.3 is 5.97 Å². The van der Waals surface area contributed by atoms with Crippen molar-refractivity contribution in [1.82, 2.24) is 10.5 Å². The monoisotopic (exact) mass is 302 g/mol. The number of carboxylic acid groups (broad SMARTS) is 1. The number of carbonyl (C=O) groups excluding carboxylic acids is 1. The molecule has 1 unspecified atom stereocenters. The van der Waals surface area contributed by atoms with Crippen LogP contribution < -0.4 is 5.32 Å². The molecule has 22 heavy (non-hydrogen) atoms. The van der Waals surface area contributed by atoms with Gasteiger partial charge in [-0.05, 0) is 13.3 Å².